The van der Waals surface area contributed by atoms with E-state index in [0.717, 1.165) is 11.6 Å². The van der Waals surface area contributed by atoms with Crippen LogP contribution >= 0.6 is 0 Å². The molecule has 17 heavy (non-hydrogen) atoms. The molecule has 1 N–H and O–H groups in total. The van der Waals surface area contributed by atoms with Crippen LogP contribution in [0.15, 0.2) is 30.3 Å². The molecule has 1 atom stereocenters. The first-order valence-corrected chi connectivity index (χ1v) is 5.23. The third-order valence-electron chi connectivity index (χ3n) is 2.07. The average Bonchev–Trinajstić information content (AvgIpc) is 2.34. The molecule has 0 bridgehead atoms. The molecule has 88 valence electrons. The van der Waals surface area contributed by atoms with E-state index in [1.54, 1.807) is 24.3 Å². The van der Waals surface area contributed by atoms with Crippen molar-refractivity contribution in [3.63, 3.8) is 0 Å². The van der Waals surface area contributed by atoms with Crippen molar-refractivity contribution in [3.8, 4) is 11.8 Å². The van der Waals surface area contributed by atoms with Crippen molar-refractivity contribution in [2.24, 2.45) is 0 Å². The second kappa shape index (κ2) is 6.33. The molecular formula is C13H13NO3. The highest BCUT2D eigenvalue weighted by molar-refractivity contribution is 5.85. The maximum Gasteiger partial charge on any atom is 0.328 e. The largest absolute Gasteiger partial charge is 0.478 e. The summed E-state index contributed by atoms with van der Waals surface area (Å²) >= 11 is 0. The SMILES string of the molecule is CCC(C#N)Oc1cccc(C=CC(=O)O)c1. The molecule has 0 saturated carbocycles. The van der Waals surface area contributed by atoms with Crippen LogP contribution in [0.2, 0.25) is 0 Å². The summed E-state index contributed by atoms with van der Waals surface area (Å²) < 4.78 is 5.42. The van der Waals surface area contributed by atoms with Crippen LogP contribution in [0.3, 0.4) is 0 Å². The van der Waals surface area contributed by atoms with E-state index in [1.165, 1.54) is 6.08 Å². The first kappa shape index (κ1) is 12.8. The Balaban J connectivity index is 2.79. The van der Waals surface area contributed by atoms with E-state index in [1.807, 2.05) is 13.0 Å². The molecule has 1 rings (SSSR count). The van der Waals surface area contributed by atoms with Crippen molar-refractivity contribution in [2.45, 2.75) is 19.4 Å². The predicted molar refractivity (Wildman–Crippen MR) is 63.4 cm³/mol. The molecule has 0 aliphatic rings. The minimum absolute atomic E-state index is 0.478. The third kappa shape index (κ3) is 4.39. The lowest BCUT2D eigenvalue weighted by molar-refractivity contribution is -0.131. The first-order valence-electron chi connectivity index (χ1n) is 5.23. The van der Waals surface area contributed by atoms with Gasteiger partial charge in [0, 0.05) is 6.08 Å². The lowest BCUT2D eigenvalue weighted by Crippen LogP contribution is -2.12. The maximum absolute atomic E-state index is 10.4. The number of aliphatic carboxylic acids is 1. The van der Waals surface area contributed by atoms with Gasteiger partial charge < -0.3 is 9.84 Å². The van der Waals surface area contributed by atoms with Gasteiger partial charge >= 0.3 is 5.97 Å². The molecule has 0 radical (unpaired) electrons. The fourth-order valence-corrected chi connectivity index (χ4v) is 1.22. The molecule has 1 unspecified atom stereocenters. The number of nitriles is 1. The van der Waals surface area contributed by atoms with E-state index < -0.39 is 12.1 Å². The topological polar surface area (TPSA) is 70.3 Å². The van der Waals surface area contributed by atoms with Crippen LogP contribution in [0.25, 0.3) is 6.08 Å². The standard InChI is InChI=1S/C13H13NO3/c1-2-11(9-14)17-12-5-3-4-10(8-12)6-7-13(15)16/h3-8,11H,2H2,1H3,(H,15,16). The number of ether oxygens (including phenoxy) is 1. The summed E-state index contributed by atoms with van der Waals surface area (Å²) in [5, 5.41) is 17.3. The predicted octanol–water partition coefficient (Wildman–Crippen LogP) is 2.47. The lowest BCUT2D eigenvalue weighted by atomic mass is 10.2. The highest BCUT2D eigenvalue weighted by Crippen LogP contribution is 2.16. The van der Waals surface area contributed by atoms with Gasteiger partial charge in [-0.15, -0.1) is 0 Å². The van der Waals surface area contributed by atoms with E-state index in [9.17, 15) is 4.79 Å². The summed E-state index contributed by atoms with van der Waals surface area (Å²) in [6.45, 7) is 1.86. The van der Waals surface area contributed by atoms with E-state index in [2.05, 4.69) is 0 Å². The molecule has 0 spiro atoms. The zero-order valence-corrected chi connectivity index (χ0v) is 9.46. The number of carbonyl (C=O) groups is 1. The number of nitrogens with zero attached hydrogens (tertiary/aromatic N) is 1. The number of benzene rings is 1. The Bertz CT molecular complexity index is 460. The molecule has 0 fully saturated rings. The molecule has 4 nitrogen and oxygen atoms in total. The van der Waals surface area contributed by atoms with Crippen molar-refractivity contribution < 1.29 is 14.6 Å². The van der Waals surface area contributed by atoms with Crippen molar-refractivity contribution >= 4 is 12.0 Å². The maximum atomic E-state index is 10.4. The average molecular weight is 231 g/mol. The molecule has 1 aromatic rings. The first-order chi connectivity index (χ1) is 8.15. The number of hydrogen-bond donors (Lipinski definition) is 1. The van der Waals surface area contributed by atoms with Crippen LogP contribution in [-0.4, -0.2) is 17.2 Å². The minimum Gasteiger partial charge on any atom is -0.478 e. The summed E-state index contributed by atoms with van der Waals surface area (Å²) in [5.74, 6) is -0.439. The summed E-state index contributed by atoms with van der Waals surface area (Å²) in [4.78, 5) is 10.4. The number of carboxylic acid groups (broad SMARTS) is 1. The van der Waals surface area contributed by atoms with Gasteiger partial charge in [0.2, 0.25) is 0 Å². The summed E-state index contributed by atoms with van der Waals surface area (Å²) in [6.07, 6.45) is 2.66. The quantitative estimate of drug-likeness (QED) is 0.790. The van der Waals surface area contributed by atoms with Gasteiger partial charge in [0.25, 0.3) is 0 Å². The molecule has 4 heteroatoms. The monoisotopic (exact) mass is 231 g/mol. The fourth-order valence-electron chi connectivity index (χ4n) is 1.22. The van der Waals surface area contributed by atoms with Gasteiger partial charge in [-0.25, -0.2) is 4.79 Å². The van der Waals surface area contributed by atoms with Gasteiger partial charge in [-0.1, -0.05) is 19.1 Å². The number of hydrogen-bond acceptors (Lipinski definition) is 3. The second-order valence-corrected chi connectivity index (χ2v) is 3.39. The molecule has 0 heterocycles. The summed E-state index contributed by atoms with van der Waals surface area (Å²) in [5.41, 5.74) is 0.720. The van der Waals surface area contributed by atoms with Crippen molar-refractivity contribution in [1.29, 1.82) is 5.26 Å². The molecular weight excluding hydrogens is 218 g/mol. The van der Waals surface area contributed by atoms with E-state index in [0.29, 0.717) is 12.2 Å². The van der Waals surface area contributed by atoms with Crippen molar-refractivity contribution in [1.82, 2.24) is 0 Å². The highest BCUT2D eigenvalue weighted by atomic mass is 16.5. The van der Waals surface area contributed by atoms with Crippen LogP contribution in [0, 0.1) is 11.3 Å². The van der Waals surface area contributed by atoms with Gasteiger partial charge in [0.05, 0.1) is 0 Å². The number of carboxylic acids is 1. The molecule has 0 aromatic heterocycles. The highest BCUT2D eigenvalue weighted by Gasteiger charge is 2.05. The Labute approximate surface area is 99.8 Å². The normalized spacial score (nSPS) is 12.0. The smallest absolute Gasteiger partial charge is 0.328 e. The minimum atomic E-state index is -1.00. The molecule has 0 aliphatic carbocycles. The van der Waals surface area contributed by atoms with Crippen molar-refractivity contribution in [2.75, 3.05) is 0 Å². The Morgan fingerprint density at radius 3 is 3.00 bits per heavy atom. The van der Waals surface area contributed by atoms with Crippen LogP contribution in [0.1, 0.15) is 18.9 Å². The van der Waals surface area contributed by atoms with Gasteiger partial charge in [0.15, 0.2) is 6.10 Å². The molecule has 0 aliphatic heterocycles. The fraction of sp³-hybridized carbons (Fsp3) is 0.231. The summed E-state index contributed by atoms with van der Waals surface area (Å²) in [7, 11) is 0. The Morgan fingerprint density at radius 1 is 1.65 bits per heavy atom. The zero-order chi connectivity index (χ0) is 12.7. The molecule has 0 amide bonds. The van der Waals surface area contributed by atoms with Gasteiger partial charge in [-0.05, 0) is 30.2 Å². The van der Waals surface area contributed by atoms with Crippen molar-refractivity contribution in [3.05, 3.63) is 35.9 Å². The van der Waals surface area contributed by atoms with E-state index in [-0.39, 0.29) is 0 Å². The Kier molecular flexibility index (Phi) is 4.77. The van der Waals surface area contributed by atoms with E-state index in [4.69, 9.17) is 15.1 Å². The van der Waals surface area contributed by atoms with Crippen LogP contribution in [0.4, 0.5) is 0 Å². The third-order valence-corrected chi connectivity index (χ3v) is 2.07. The zero-order valence-electron chi connectivity index (χ0n) is 9.46. The lowest BCUT2D eigenvalue weighted by Gasteiger charge is -2.10. The van der Waals surface area contributed by atoms with Crippen LogP contribution in [0.5, 0.6) is 5.75 Å². The van der Waals surface area contributed by atoms with Crippen LogP contribution in [-0.2, 0) is 4.79 Å². The van der Waals surface area contributed by atoms with Crippen LogP contribution < -0.4 is 4.74 Å². The van der Waals surface area contributed by atoms with E-state index >= 15 is 0 Å². The molecule has 1 aromatic carbocycles. The summed E-state index contributed by atoms with van der Waals surface area (Å²) in [6, 6.07) is 8.98. The second-order valence-electron chi connectivity index (χ2n) is 3.39. The Hall–Kier alpha value is -2.28. The van der Waals surface area contributed by atoms with Gasteiger partial charge in [-0.3, -0.25) is 0 Å². The van der Waals surface area contributed by atoms with Gasteiger partial charge in [0.1, 0.15) is 11.8 Å². The molecule has 0 saturated heterocycles. The number of rotatable bonds is 5. The van der Waals surface area contributed by atoms with Gasteiger partial charge in [-0.2, -0.15) is 5.26 Å². The Morgan fingerprint density at radius 2 is 2.41 bits per heavy atom.